The molecule has 0 bridgehead atoms. The number of nitrogens with zero attached hydrogens (tertiary/aromatic N) is 3. The number of rotatable bonds is 7. The lowest BCUT2D eigenvalue weighted by molar-refractivity contribution is 0.147. The third kappa shape index (κ3) is 5.74. The van der Waals surface area contributed by atoms with Gasteiger partial charge in [0, 0.05) is 30.6 Å². The van der Waals surface area contributed by atoms with Gasteiger partial charge in [0.15, 0.2) is 5.96 Å². The lowest BCUT2D eigenvalue weighted by Gasteiger charge is -2.35. The van der Waals surface area contributed by atoms with Crippen molar-refractivity contribution in [2.75, 3.05) is 26.2 Å². The summed E-state index contributed by atoms with van der Waals surface area (Å²) < 4.78 is 0. The summed E-state index contributed by atoms with van der Waals surface area (Å²) in [7, 11) is 0. The second-order valence-corrected chi connectivity index (χ2v) is 7.75. The molecule has 0 aromatic carbocycles. The fourth-order valence-corrected chi connectivity index (χ4v) is 4.09. The van der Waals surface area contributed by atoms with E-state index in [9.17, 15) is 0 Å². The highest BCUT2D eigenvalue weighted by molar-refractivity contribution is 7.11. The van der Waals surface area contributed by atoms with E-state index in [0.29, 0.717) is 6.54 Å². The minimum atomic E-state index is 0.649. The molecule has 0 aliphatic carbocycles. The average Bonchev–Trinajstić information content (AvgIpc) is 2.91. The normalized spacial score (nSPS) is 19.5. The Labute approximate surface area is 151 Å². The van der Waals surface area contributed by atoms with Gasteiger partial charge in [0.1, 0.15) is 5.01 Å². The summed E-state index contributed by atoms with van der Waals surface area (Å²) in [5.74, 6) is 0.896. The third-order valence-corrected chi connectivity index (χ3v) is 5.76. The molecule has 1 saturated heterocycles. The summed E-state index contributed by atoms with van der Waals surface area (Å²) in [4.78, 5) is 13.2. The third-order valence-electron chi connectivity index (χ3n) is 4.70. The molecule has 1 aromatic heterocycles. The lowest BCUT2D eigenvalue weighted by atomic mass is 10.0. The maximum absolute atomic E-state index is 4.68. The van der Waals surface area contributed by atoms with Gasteiger partial charge in [-0.15, -0.1) is 11.3 Å². The van der Waals surface area contributed by atoms with Crippen LogP contribution in [0.1, 0.15) is 55.1 Å². The molecule has 2 heterocycles. The number of aryl methyl sites for hydroxylation is 2. The highest BCUT2D eigenvalue weighted by Crippen LogP contribution is 2.18. The summed E-state index contributed by atoms with van der Waals surface area (Å²) in [6.45, 7) is 13.4. The van der Waals surface area contributed by atoms with E-state index < -0.39 is 0 Å². The second kappa shape index (κ2) is 9.99. The Hall–Kier alpha value is -1.14. The molecule has 6 heteroatoms. The van der Waals surface area contributed by atoms with Crippen LogP contribution in [-0.4, -0.2) is 48.1 Å². The van der Waals surface area contributed by atoms with Crippen molar-refractivity contribution in [1.29, 1.82) is 0 Å². The summed E-state index contributed by atoms with van der Waals surface area (Å²) >= 11 is 1.74. The van der Waals surface area contributed by atoms with Crippen molar-refractivity contribution < 1.29 is 0 Å². The van der Waals surface area contributed by atoms with Crippen molar-refractivity contribution in [3.63, 3.8) is 0 Å². The van der Waals surface area contributed by atoms with Gasteiger partial charge in [0.25, 0.3) is 0 Å². The van der Waals surface area contributed by atoms with Gasteiger partial charge < -0.3 is 10.6 Å². The van der Waals surface area contributed by atoms with Gasteiger partial charge in [-0.3, -0.25) is 4.90 Å². The van der Waals surface area contributed by atoms with Crippen LogP contribution in [0.3, 0.4) is 0 Å². The van der Waals surface area contributed by atoms with E-state index in [1.165, 1.54) is 37.1 Å². The second-order valence-electron chi connectivity index (χ2n) is 6.46. The molecule has 1 atom stereocenters. The minimum Gasteiger partial charge on any atom is -0.357 e. The Bertz CT molecular complexity index is 506. The lowest BCUT2D eigenvalue weighted by Crippen LogP contribution is -2.45. The van der Waals surface area contributed by atoms with E-state index in [1.54, 1.807) is 11.3 Å². The number of aliphatic imine (C=N–C) groups is 1. The smallest absolute Gasteiger partial charge is 0.191 e. The van der Waals surface area contributed by atoms with Gasteiger partial charge in [-0.25, -0.2) is 9.98 Å². The van der Waals surface area contributed by atoms with E-state index in [1.807, 2.05) is 0 Å². The van der Waals surface area contributed by atoms with E-state index in [2.05, 4.69) is 53.2 Å². The zero-order chi connectivity index (χ0) is 17.4. The zero-order valence-corrected chi connectivity index (χ0v) is 16.5. The number of aromatic nitrogens is 1. The molecule has 1 fully saturated rings. The Balaban J connectivity index is 1.82. The van der Waals surface area contributed by atoms with Gasteiger partial charge >= 0.3 is 0 Å². The molecule has 0 spiro atoms. The fraction of sp³-hybridized carbons (Fsp3) is 0.778. The average molecular weight is 352 g/mol. The standard InChI is InChI=1S/C18H33N5S/c1-5-16-9-7-8-11-23(16)12-10-20-18(19-6-2)21-13-17-22-14(3)15(4)24-17/h16H,5-13H2,1-4H3,(H2,19,20,21). The predicted molar refractivity (Wildman–Crippen MR) is 104 cm³/mol. The first-order chi connectivity index (χ1) is 11.6. The first kappa shape index (κ1) is 19.2. The van der Waals surface area contributed by atoms with Crippen LogP contribution in [0.4, 0.5) is 0 Å². The van der Waals surface area contributed by atoms with Crippen LogP contribution in [0.25, 0.3) is 0 Å². The van der Waals surface area contributed by atoms with E-state index in [-0.39, 0.29) is 0 Å². The molecule has 5 nitrogen and oxygen atoms in total. The first-order valence-corrected chi connectivity index (χ1v) is 10.1. The molecule has 0 radical (unpaired) electrons. The molecular weight excluding hydrogens is 318 g/mol. The maximum Gasteiger partial charge on any atom is 0.191 e. The summed E-state index contributed by atoms with van der Waals surface area (Å²) in [6.07, 6.45) is 5.34. The maximum atomic E-state index is 4.68. The number of thiazole rings is 1. The van der Waals surface area contributed by atoms with Crippen LogP contribution in [0.2, 0.25) is 0 Å². The van der Waals surface area contributed by atoms with Crippen molar-refractivity contribution in [2.24, 2.45) is 4.99 Å². The molecule has 24 heavy (non-hydrogen) atoms. The molecular formula is C18H33N5S. The molecule has 136 valence electrons. The van der Waals surface area contributed by atoms with Gasteiger partial charge in [-0.2, -0.15) is 0 Å². The number of hydrogen-bond acceptors (Lipinski definition) is 4. The quantitative estimate of drug-likeness (QED) is 0.585. The molecule has 1 unspecified atom stereocenters. The highest BCUT2D eigenvalue weighted by atomic mass is 32.1. The zero-order valence-electron chi connectivity index (χ0n) is 15.7. The van der Waals surface area contributed by atoms with Gasteiger partial charge in [-0.1, -0.05) is 13.3 Å². The first-order valence-electron chi connectivity index (χ1n) is 9.33. The molecule has 1 aromatic rings. The van der Waals surface area contributed by atoms with Gasteiger partial charge in [-0.05, 0) is 46.6 Å². The number of likely N-dealkylation sites (tertiary alicyclic amines) is 1. The number of hydrogen-bond donors (Lipinski definition) is 2. The summed E-state index contributed by atoms with van der Waals surface area (Å²) in [6, 6.07) is 0.765. The van der Waals surface area contributed by atoms with Gasteiger partial charge in [0.05, 0.1) is 12.2 Å². The molecule has 2 N–H and O–H groups in total. The predicted octanol–water partition coefficient (Wildman–Crippen LogP) is 3.08. The van der Waals surface area contributed by atoms with Crippen molar-refractivity contribution >= 4 is 17.3 Å². The van der Waals surface area contributed by atoms with Crippen LogP contribution in [0.15, 0.2) is 4.99 Å². The fourth-order valence-electron chi connectivity index (χ4n) is 3.23. The van der Waals surface area contributed by atoms with E-state index in [0.717, 1.165) is 42.3 Å². The molecule has 2 rings (SSSR count). The number of guanidine groups is 1. The Morgan fingerprint density at radius 2 is 2.12 bits per heavy atom. The molecule has 0 saturated carbocycles. The number of piperidine rings is 1. The van der Waals surface area contributed by atoms with Crippen molar-refractivity contribution in [2.45, 2.75) is 66.0 Å². The SMILES string of the molecule is CCNC(=NCc1nc(C)c(C)s1)NCCN1CCCCC1CC. The molecule has 1 aliphatic heterocycles. The van der Waals surface area contributed by atoms with Crippen LogP contribution >= 0.6 is 11.3 Å². The number of nitrogens with one attached hydrogen (secondary N) is 2. The van der Waals surface area contributed by atoms with Crippen LogP contribution < -0.4 is 10.6 Å². The minimum absolute atomic E-state index is 0.649. The Morgan fingerprint density at radius 3 is 2.79 bits per heavy atom. The Morgan fingerprint density at radius 1 is 1.29 bits per heavy atom. The van der Waals surface area contributed by atoms with E-state index in [4.69, 9.17) is 0 Å². The Kier molecular flexibility index (Phi) is 7.99. The topological polar surface area (TPSA) is 52.6 Å². The van der Waals surface area contributed by atoms with Crippen LogP contribution in [-0.2, 0) is 6.54 Å². The van der Waals surface area contributed by atoms with E-state index >= 15 is 0 Å². The van der Waals surface area contributed by atoms with Gasteiger partial charge in [0.2, 0.25) is 0 Å². The highest BCUT2D eigenvalue weighted by Gasteiger charge is 2.19. The van der Waals surface area contributed by atoms with Crippen molar-refractivity contribution in [1.82, 2.24) is 20.5 Å². The van der Waals surface area contributed by atoms with Crippen LogP contribution in [0, 0.1) is 13.8 Å². The van der Waals surface area contributed by atoms with Crippen LogP contribution in [0.5, 0.6) is 0 Å². The molecule has 1 aliphatic rings. The molecule has 0 amide bonds. The largest absolute Gasteiger partial charge is 0.357 e. The summed E-state index contributed by atoms with van der Waals surface area (Å²) in [5, 5.41) is 7.90. The monoisotopic (exact) mass is 351 g/mol. The summed E-state index contributed by atoms with van der Waals surface area (Å²) in [5.41, 5.74) is 1.12. The van der Waals surface area contributed by atoms with Crippen molar-refractivity contribution in [3.05, 3.63) is 15.6 Å². The van der Waals surface area contributed by atoms with Crippen molar-refractivity contribution in [3.8, 4) is 0 Å².